The summed E-state index contributed by atoms with van der Waals surface area (Å²) in [5.41, 5.74) is 0. The molecule has 2 heteroatoms. The van der Waals surface area contributed by atoms with Crippen LogP contribution in [-0.4, -0.2) is 38.8 Å². The zero-order valence-electron chi connectivity index (χ0n) is 10.9. The van der Waals surface area contributed by atoms with E-state index >= 15 is 0 Å². The molecule has 0 unspecified atom stereocenters. The van der Waals surface area contributed by atoms with Crippen molar-refractivity contribution in [3.63, 3.8) is 0 Å². The van der Waals surface area contributed by atoms with Crippen LogP contribution in [0.1, 0.15) is 51.9 Å². The molecule has 0 bridgehead atoms. The number of hydrogen-bond donors (Lipinski definition) is 0. The molecule has 0 aromatic heterocycles. The molecule has 0 rings (SSSR count). The van der Waals surface area contributed by atoms with Crippen LogP contribution in [0.3, 0.4) is 0 Å². The van der Waals surface area contributed by atoms with Crippen LogP contribution < -0.4 is 0 Å². The average Bonchev–Trinajstić information content (AvgIpc) is 2.20. The molecule has 0 saturated heterocycles. The van der Waals surface area contributed by atoms with Gasteiger partial charge in [-0.15, -0.1) is 0 Å². The summed E-state index contributed by atoms with van der Waals surface area (Å²) < 4.78 is 5.56. The van der Waals surface area contributed by atoms with Gasteiger partial charge in [-0.2, -0.15) is 0 Å². The molecule has 0 N–H and O–H groups in total. The van der Waals surface area contributed by atoms with E-state index in [0.717, 1.165) is 26.2 Å². The Hall–Kier alpha value is -0.0800. The summed E-state index contributed by atoms with van der Waals surface area (Å²) in [6.07, 6.45) is 9.25. The lowest BCUT2D eigenvalue weighted by Gasteiger charge is -2.09. The van der Waals surface area contributed by atoms with Gasteiger partial charge in [0.05, 0.1) is 0 Å². The third-order valence-electron chi connectivity index (χ3n) is 2.54. The van der Waals surface area contributed by atoms with Crippen LogP contribution in [0.25, 0.3) is 0 Å². The van der Waals surface area contributed by atoms with Crippen LogP contribution in [-0.2, 0) is 4.74 Å². The molecule has 0 amide bonds. The molecule has 92 valence electrons. The van der Waals surface area contributed by atoms with E-state index in [2.05, 4.69) is 25.9 Å². The normalized spacial score (nSPS) is 11.2. The minimum Gasteiger partial charge on any atom is -0.381 e. The van der Waals surface area contributed by atoms with Gasteiger partial charge >= 0.3 is 0 Å². The Kier molecular flexibility index (Phi) is 11.9. The second kappa shape index (κ2) is 12.0. The van der Waals surface area contributed by atoms with Crippen LogP contribution in [0, 0.1) is 0 Å². The second-order valence-electron chi connectivity index (χ2n) is 4.54. The van der Waals surface area contributed by atoms with Crippen LogP contribution >= 0.6 is 0 Å². The molecule has 0 aromatic rings. The lowest BCUT2D eigenvalue weighted by molar-refractivity contribution is 0.122. The van der Waals surface area contributed by atoms with E-state index < -0.39 is 0 Å². The van der Waals surface area contributed by atoms with E-state index in [9.17, 15) is 0 Å². The maximum absolute atomic E-state index is 5.56. The minimum absolute atomic E-state index is 0.924. The Balaban J connectivity index is 2.87. The summed E-state index contributed by atoms with van der Waals surface area (Å²) in [5, 5.41) is 0. The first-order valence-corrected chi connectivity index (χ1v) is 6.50. The summed E-state index contributed by atoms with van der Waals surface area (Å²) in [6, 6.07) is 0. The molecule has 0 fully saturated rings. The fourth-order valence-electron chi connectivity index (χ4n) is 1.57. The van der Waals surface area contributed by atoms with E-state index in [4.69, 9.17) is 4.74 Å². The summed E-state index contributed by atoms with van der Waals surface area (Å²) in [7, 11) is 4.21. The van der Waals surface area contributed by atoms with Crippen molar-refractivity contribution in [2.24, 2.45) is 0 Å². The lowest BCUT2D eigenvalue weighted by atomic mass is 10.1. The van der Waals surface area contributed by atoms with Crippen molar-refractivity contribution in [2.75, 3.05) is 33.9 Å². The van der Waals surface area contributed by atoms with Crippen molar-refractivity contribution < 1.29 is 4.74 Å². The predicted octanol–water partition coefficient (Wildman–Crippen LogP) is 3.32. The SMILES string of the molecule is CCCCCCCCOCCCN(C)C. The van der Waals surface area contributed by atoms with Gasteiger partial charge in [-0.3, -0.25) is 0 Å². The highest BCUT2D eigenvalue weighted by molar-refractivity contribution is 4.45. The summed E-state index contributed by atoms with van der Waals surface area (Å²) >= 11 is 0. The van der Waals surface area contributed by atoms with Crippen LogP contribution in [0.5, 0.6) is 0 Å². The zero-order valence-corrected chi connectivity index (χ0v) is 10.9. The van der Waals surface area contributed by atoms with Gasteiger partial charge in [-0.1, -0.05) is 39.0 Å². The highest BCUT2D eigenvalue weighted by Gasteiger charge is 1.92. The largest absolute Gasteiger partial charge is 0.381 e. The first-order chi connectivity index (χ1) is 7.27. The van der Waals surface area contributed by atoms with E-state index in [1.54, 1.807) is 0 Å². The van der Waals surface area contributed by atoms with E-state index in [0.29, 0.717) is 0 Å². The molecular formula is C13H29NO. The zero-order chi connectivity index (χ0) is 11.4. The molecular weight excluding hydrogens is 186 g/mol. The third kappa shape index (κ3) is 13.9. The number of rotatable bonds is 11. The Bertz CT molecular complexity index is 115. The molecule has 0 spiro atoms. The maximum Gasteiger partial charge on any atom is 0.0478 e. The molecule has 15 heavy (non-hydrogen) atoms. The third-order valence-corrected chi connectivity index (χ3v) is 2.54. The van der Waals surface area contributed by atoms with Gasteiger partial charge in [0.25, 0.3) is 0 Å². The molecule has 0 radical (unpaired) electrons. The van der Waals surface area contributed by atoms with Crippen molar-refractivity contribution in [1.29, 1.82) is 0 Å². The van der Waals surface area contributed by atoms with Crippen molar-refractivity contribution in [2.45, 2.75) is 51.9 Å². The number of hydrogen-bond acceptors (Lipinski definition) is 2. The van der Waals surface area contributed by atoms with Crippen molar-refractivity contribution in [3.05, 3.63) is 0 Å². The fraction of sp³-hybridized carbons (Fsp3) is 1.00. The molecule has 0 aliphatic carbocycles. The Morgan fingerprint density at radius 3 is 2.07 bits per heavy atom. The van der Waals surface area contributed by atoms with Crippen LogP contribution in [0.15, 0.2) is 0 Å². The monoisotopic (exact) mass is 215 g/mol. The highest BCUT2D eigenvalue weighted by Crippen LogP contribution is 2.04. The topological polar surface area (TPSA) is 12.5 Å². The molecule has 2 nitrogen and oxygen atoms in total. The molecule has 0 atom stereocenters. The average molecular weight is 215 g/mol. The van der Waals surface area contributed by atoms with E-state index in [-0.39, 0.29) is 0 Å². The first kappa shape index (κ1) is 14.9. The van der Waals surface area contributed by atoms with E-state index in [1.807, 2.05) is 0 Å². The molecule has 0 aromatic carbocycles. The number of ether oxygens (including phenoxy) is 1. The molecule has 0 aliphatic heterocycles. The van der Waals surface area contributed by atoms with Crippen LogP contribution in [0.2, 0.25) is 0 Å². The van der Waals surface area contributed by atoms with Gasteiger partial charge in [0.15, 0.2) is 0 Å². The summed E-state index contributed by atoms with van der Waals surface area (Å²) in [5.74, 6) is 0. The van der Waals surface area contributed by atoms with Gasteiger partial charge in [0.2, 0.25) is 0 Å². The Morgan fingerprint density at radius 2 is 1.40 bits per heavy atom. The molecule has 0 heterocycles. The summed E-state index contributed by atoms with van der Waals surface area (Å²) in [6.45, 7) is 5.27. The predicted molar refractivity (Wildman–Crippen MR) is 67.4 cm³/mol. The smallest absolute Gasteiger partial charge is 0.0478 e. The van der Waals surface area contributed by atoms with Gasteiger partial charge in [-0.25, -0.2) is 0 Å². The first-order valence-electron chi connectivity index (χ1n) is 6.50. The lowest BCUT2D eigenvalue weighted by Crippen LogP contribution is -2.14. The van der Waals surface area contributed by atoms with E-state index in [1.165, 1.54) is 38.5 Å². The van der Waals surface area contributed by atoms with Gasteiger partial charge in [0, 0.05) is 13.2 Å². The van der Waals surface area contributed by atoms with Crippen molar-refractivity contribution >= 4 is 0 Å². The minimum atomic E-state index is 0.924. The molecule has 0 saturated carbocycles. The van der Waals surface area contributed by atoms with Crippen LogP contribution in [0.4, 0.5) is 0 Å². The maximum atomic E-state index is 5.56. The quantitative estimate of drug-likeness (QED) is 0.490. The number of nitrogens with zero attached hydrogens (tertiary/aromatic N) is 1. The highest BCUT2D eigenvalue weighted by atomic mass is 16.5. The van der Waals surface area contributed by atoms with Crippen molar-refractivity contribution in [1.82, 2.24) is 4.90 Å². The Labute approximate surface area is 96.0 Å². The standard InChI is InChI=1S/C13H29NO/c1-4-5-6-7-8-9-12-15-13-10-11-14(2)3/h4-13H2,1-3H3. The van der Waals surface area contributed by atoms with Gasteiger partial charge in [-0.05, 0) is 33.5 Å². The second-order valence-corrected chi connectivity index (χ2v) is 4.54. The van der Waals surface area contributed by atoms with Gasteiger partial charge in [0.1, 0.15) is 0 Å². The van der Waals surface area contributed by atoms with Gasteiger partial charge < -0.3 is 9.64 Å². The Morgan fingerprint density at radius 1 is 0.800 bits per heavy atom. The summed E-state index contributed by atoms with van der Waals surface area (Å²) in [4.78, 5) is 2.20. The number of unbranched alkanes of at least 4 members (excludes halogenated alkanes) is 5. The molecule has 0 aliphatic rings. The fourth-order valence-corrected chi connectivity index (χ4v) is 1.57. The van der Waals surface area contributed by atoms with Crippen molar-refractivity contribution in [3.8, 4) is 0 Å².